The van der Waals surface area contributed by atoms with Crippen LogP contribution in [-0.4, -0.2) is 14.7 Å². The summed E-state index contributed by atoms with van der Waals surface area (Å²) in [6.45, 7) is 2.10. The van der Waals surface area contributed by atoms with Gasteiger partial charge in [0.05, 0.1) is 17.8 Å². The number of aryl methyl sites for hydroxylation is 2. The molecule has 1 aliphatic rings. The third-order valence-electron chi connectivity index (χ3n) is 4.57. The van der Waals surface area contributed by atoms with Crippen LogP contribution in [0.3, 0.4) is 0 Å². The predicted octanol–water partition coefficient (Wildman–Crippen LogP) is 3.91. The van der Waals surface area contributed by atoms with Gasteiger partial charge < -0.3 is 14.8 Å². The number of hydrogen-bond acceptors (Lipinski definition) is 2. The number of pyridine rings is 1. The summed E-state index contributed by atoms with van der Waals surface area (Å²) in [5, 5.41) is 4.21. The number of hydrogen-bond donors (Lipinski definition) is 1. The lowest BCUT2D eigenvalue weighted by Crippen LogP contribution is -2.29. The van der Waals surface area contributed by atoms with Crippen LogP contribution in [0.25, 0.3) is 0 Å². The highest BCUT2D eigenvalue weighted by Gasteiger charge is 2.40. The van der Waals surface area contributed by atoms with Gasteiger partial charge in [-0.25, -0.2) is 0 Å². The molecule has 0 unspecified atom stereocenters. The topological polar surface area (TPSA) is 33.1 Å². The van der Waals surface area contributed by atoms with Gasteiger partial charge in [0.25, 0.3) is 0 Å². The zero-order valence-electron chi connectivity index (χ0n) is 14.3. The Kier molecular flexibility index (Phi) is 4.01. The molecule has 0 saturated carbocycles. The highest BCUT2D eigenvalue weighted by molar-refractivity contribution is 7.80. The minimum Gasteiger partial charge on any atom is -0.357 e. The van der Waals surface area contributed by atoms with E-state index in [0.717, 1.165) is 16.5 Å². The summed E-state index contributed by atoms with van der Waals surface area (Å²) in [6, 6.07) is 16.7. The normalized spacial score (nSPS) is 19.9. The Morgan fingerprint density at radius 1 is 1.12 bits per heavy atom. The predicted molar refractivity (Wildman–Crippen MR) is 105 cm³/mol. The van der Waals surface area contributed by atoms with Crippen molar-refractivity contribution >= 4 is 23.0 Å². The van der Waals surface area contributed by atoms with E-state index in [1.165, 1.54) is 11.1 Å². The van der Waals surface area contributed by atoms with E-state index in [-0.39, 0.29) is 12.1 Å². The third-order valence-corrected chi connectivity index (χ3v) is 4.89. The summed E-state index contributed by atoms with van der Waals surface area (Å²) in [7, 11) is 2.04. The number of benzene rings is 1. The average Bonchev–Trinajstić information content (AvgIpc) is 3.18. The second kappa shape index (κ2) is 6.33. The van der Waals surface area contributed by atoms with Crippen LogP contribution in [0.15, 0.2) is 67.1 Å². The molecule has 126 valence electrons. The molecular formula is C20H20N4S. The van der Waals surface area contributed by atoms with Gasteiger partial charge in [0.1, 0.15) is 0 Å². The smallest absolute Gasteiger partial charge is 0.174 e. The van der Waals surface area contributed by atoms with Crippen molar-refractivity contribution in [3.05, 3.63) is 83.9 Å². The molecule has 2 aromatic heterocycles. The van der Waals surface area contributed by atoms with Crippen LogP contribution in [-0.2, 0) is 7.05 Å². The second-order valence-electron chi connectivity index (χ2n) is 6.45. The molecule has 3 aromatic rings. The van der Waals surface area contributed by atoms with Crippen molar-refractivity contribution in [3.63, 3.8) is 0 Å². The van der Waals surface area contributed by atoms with Crippen molar-refractivity contribution in [2.24, 2.45) is 7.05 Å². The lowest BCUT2D eigenvalue weighted by molar-refractivity contribution is 0.567. The molecule has 25 heavy (non-hydrogen) atoms. The zero-order chi connectivity index (χ0) is 17.4. The van der Waals surface area contributed by atoms with E-state index in [0.29, 0.717) is 0 Å². The molecule has 0 spiro atoms. The largest absolute Gasteiger partial charge is 0.357 e. The molecule has 0 radical (unpaired) electrons. The molecule has 4 nitrogen and oxygen atoms in total. The molecule has 3 heterocycles. The van der Waals surface area contributed by atoms with Crippen LogP contribution in [0.5, 0.6) is 0 Å². The lowest BCUT2D eigenvalue weighted by atomic mass is 9.98. The Morgan fingerprint density at radius 2 is 2.00 bits per heavy atom. The van der Waals surface area contributed by atoms with Gasteiger partial charge in [0, 0.05) is 31.3 Å². The molecular weight excluding hydrogens is 328 g/mol. The highest BCUT2D eigenvalue weighted by atomic mass is 32.1. The highest BCUT2D eigenvalue weighted by Crippen LogP contribution is 2.41. The van der Waals surface area contributed by atoms with E-state index < -0.39 is 0 Å². The first-order valence-corrected chi connectivity index (χ1v) is 8.73. The maximum atomic E-state index is 5.71. The number of nitrogens with zero attached hydrogens (tertiary/aromatic N) is 3. The maximum absolute atomic E-state index is 5.71. The number of anilines is 1. The molecule has 2 atom stereocenters. The maximum Gasteiger partial charge on any atom is 0.174 e. The summed E-state index contributed by atoms with van der Waals surface area (Å²) < 4.78 is 2.07. The fraction of sp³-hybridized carbons (Fsp3) is 0.200. The van der Waals surface area contributed by atoms with Gasteiger partial charge in [-0.15, -0.1) is 0 Å². The first kappa shape index (κ1) is 15.8. The molecule has 4 rings (SSSR count). The molecule has 0 bridgehead atoms. The van der Waals surface area contributed by atoms with Crippen LogP contribution in [0, 0.1) is 6.92 Å². The van der Waals surface area contributed by atoms with Crippen molar-refractivity contribution in [1.29, 1.82) is 0 Å². The fourth-order valence-electron chi connectivity index (χ4n) is 3.45. The second-order valence-corrected chi connectivity index (χ2v) is 6.83. The van der Waals surface area contributed by atoms with Gasteiger partial charge in [0.15, 0.2) is 5.11 Å². The summed E-state index contributed by atoms with van der Waals surface area (Å²) in [5.41, 5.74) is 4.53. The van der Waals surface area contributed by atoms with Crippen LogP contribution in [0.1, 0.15) is 28.9 Å². The lowest BCUT2D eigenvalue weighted by Gasteiger charge is -2.27. The Morgan fingerprint density at radius 3 is 2.68 bits per heavy atom. The molecule has 1 fully saturated rings. The van der Waals surface area contributed by atoms with Crippen molar-refractivity contribution in [2.75, 3.05) is 4.90 Å². The van der Waals surface area contributed by atoms with Gasteiger partial charge in [-0.05, 0) is 60.6 Å². The molecule has 0 aliphatic carbocycles. The fourth-order valence-corrected chi connectivity index (χ4v) is 3.80. The third kappa shape index (κ3) is 2.91. The Hall–Kier alpha value is -2.66. The van der Waals surface area contributed by atoms with Gasteiger partial charge in [0.2, 0.25) is 0 Å². The van der Waals surface area contributed by atoms with Gasteiger partial charge in [-0.2, -0.15) is 0 Å². The summed E-state index contributed by atoms with van der Waals surface area (Å²) >= 11 is 5.71. The zero-order valence-corrected chi connectivity index (χ0v) is 15.1. The van der Waals surface area contributed by atoms with Crippen molar-refractivity contribution in [3.8, 4) is 0 Å². The number of thiocarbonyl (C=S) groups is 1. The van der Waals surface area contributed by atoms with E-state index >= 15 is 0 Å². The van der Waals surface area contributed by atoms with Crippen LogP contribution in [0.2, 0.25) is 0 Å². The Bertz CT molecular complexity index is 903. The van der Waals surface area contributed by atoms with E-state index in [1.807, 2.05) is 25.4 Å². The summed E-state index contributed by atoms with van der Waals surface area (Å²) in [6.07, 6.45) is 6.05. The summed E-state index contributed by atoms with van der Waals surface area (Å²) in [5.74, 6) is 0. The van der Waals surface area contributed by atoms with Crippen molar-refractivity contribution in [2.45, 2.75) is 19.0 Å². The van der Waals surface area contributed by atoms with Gasteiger partial charge >= 0.3 is 0 Å². The van der Waals surface area contributed by atoms with E-state index in [1.54, 1.807) is 0 Å². The average molecular weight is 348 g/mol. The molecule has 1 aliphatic heterocycles. The molecule has 1 N–H and O–H groups in total. The van der Waals surface area contributed by atoms with Crippen molar-refractivity contribution in [1.82, 2.24) is 14.9 Å². The Labute approximate surface area is 153 Å². The van der Waals surface area contributed by atoms with E-state index in [4.69, 9.17) is 12.2 Å². The van der Waals surface area contributed by atoms with Gasteiger partial charge in [-0.3, -0.25) is 4.98 Å². The Balaban J connectivity index is 1.83. The molecule has 1 aromatic carbocycles. The number of rotatable bonds is 3. The molecule has 1 saturated heterocycles. The monoisotopic (exact) mass is 348 g/mol. The van der Waals surface area contributed by atoms with E-state index in [9.17, 15) is 0 Å². The van der Waals surface area contributed by atoms with Crippen LogP contribution in [0.4, 0.5) is 5.69 Å². The minimum atomic E-state index is 0.0108. The first-order valence-electron chi connectivity index (χ1n) is 8.33. The first-order chi connectivity index (χ1) is 12.1. The van der Waals surface area contributed by atoms with Crippen LogP contribution >= 0.6 is 12.2 Å². The standard InChI is InChI=1S/C20H20N4S/c1-14-6-5-7-16(12-14)24-19(15-9-11-23(2)13-15)18(22-20(24)25)17-8-3-4-10-21-17/h3-13,18-19H,1-2H3,(H,22,25)/t18-,19-/m0/s1. The summed E-state index contributed by atoms with van der Waals surface area (Å²) in [4.78, 5) is 6.77. The molecule has 0 amide bonds. The van der Waals surface area contributed by atoms with Crippen molar-refractivity contribution < 1.29 is 0 Å². The van der Waals surface area contributed by atoms with E-state index in [2.05, 4.69) is 75.5 Å². The number of aromatic nitrogens is 2. The van der Waals surface area contributed by atoms with Crippen LogP contribution < -0.4 is 10.2 Å². The quantitative estimate of drug-likeness (QED) is 0.728. The van der Waals surface area contributed by atoms with Gasteiger partial charge in [-0.1, -0.05) is 18.2 Å². The number of nitrogens with one attached hydrogen (secondary N) is 1. The molecule has 5 heteroatoms. The minimum absolute atomic E-state index is 0.0108. The SMILES string of the molecule is Cc1cccc(N2C(=S)N[C@@H](c3ccccn3)[C@@H]2c2ccn(C)c2)c1.